The largest absolute Gasteiger partial charge is 0.573 e. The zero-order valence-electron chi connectivity index (χ0n) is 10.9. The number of aliphatic carboxylic acids is 1. The summed E-state index contributed by atoms with van der Waals surface area (Å²) in [6.45, 7) is 1.57. The van der Waals surface area contributed by atoms with Crippen molar-refractivity contribution in [3.63, 3.8) is 0 Å². The van der Waals surface area contributed by atoms with Gasteiger partial charge in [-0.25, -0.2) is 9.59 Å². The van der Waals surface area contributed by atoms with Gasteiger partial charge in [0.05, 0.1) is 0 Å². The Bertz CT molecular complexity index is 519. The third-order valence-electron chi connectivity index (χ3n) is 2.34. The molecule has 0 bridgehead atoms. The summed E-state index contributed by atoms with van der Waals surface area (Å²) < 4.78 is 39.9. The average Bonchev–Trinajstić information content (AvgIpc) is 2.33. The molecule has 0 saturated heterocycles. The highest BCUT2D eigenvalue weighted by Gasteiger charge is 2.31. The molecule has 0 fully saturated rings. The molecule has 0 unspecified atom stereocenters. The summed E-state index contributed by atoms with van der Waals surface area (Å²) in [6.07, 6.45) is -4.67. The van der Waals surface area contributed by atoms with E-state index in [0.29, 0.717) is 0 Å². The van der Waals surface area contributed by atoms with E-state index in [0.717, 1.165) is 12.1 Å². The molecule has 0 aliphatic carbocycles. The van der Waals surface area contributed by atoms with Crippen LogP contribution in [0.3, 0.4) is 0 Å². The lowest BCUT2D eigenvalue weighted by Gasteiger charge is -2.14. The number of nitrogens with one attached hydrogen (secondary N) is 2. The monoisotopic (exact) mass is 306 g/mol. The minimum absolute atomic E-state index is 0.0366. The van der Waals surface area contributed by atoms with Crippen molar-refractivity contribution in [2.45, 2.75) is 25.7 Å². The Balaban J connectivity index is 2.68. The van der Waals surface area contributed by atoms with Gasteiger partial charge in [0, 0.05) is 11.8 Å². The second-order valence-electron chi connectivity index (χ2n) is 3.97. The second-order valence-corrected chi connectivity index (χ2v) is 3.97. The van der Waals surface area contributed by atoms with Crippen molar-refractivity contribution < 1.29 is 32.6 Å². The predicted octanol–water partition coefficient (Wildman–Crippen LogP) is 2.57. The standard InChI is InChI=1S/C12H13F3N2O4/c1-2-9(10(18)19)17-11(20)16-7-4-3-5-8(6-7)21-12(13,14)15/h3-6,9H,2H2,1H3,(H,18,19)(H2,16,17,20)/t9-/m1/s1. The molecule has 9 heteroatoms. The van der Waals surface area contributed by atoms with Crippen LogP contribution in [0.1, 0.15) is 13.3 Å². The van der Waals surface area contributed by atoms with E-state index in [1.54, 1.807) is 6.92 Å². The van der Waals surface area contributed by atoms with Crippen molar-refractivity contribution >= 4 is 17.7 Å². The quantitative estimate of drug-likeness (QED) is 0.780. The van der Waals surface area contributed by atoms with Crippen LogP contribution < -0.4 is 15.4 Å². The molecule has 0 aliphatic heterocycles. The summed E-state index contributed by atoms with van der Waals surface area (Å²) >= 11 is 0. The summed E-state index contributed by atoms with van der Waals surface area (Å²) in [7, 11) is 0. The molecule has 0 radical (unpaired) electrons. The lowest BCUT2D eigenvalue weighted by molar-refractivity contribution is -0.274. The number of benzene rings is 1. The molecule has 0 aromatic heterocycles. The van der Waals surface area contributed by atoms with Crippen LogP contribution in [0, 0.1) is 0 Å². The summed E-state index contributed by atoms with van der Waals surface area (Å²) in [4.78, 5) is 22.3. The predicted molar refractivity (Wildman–Crippen MR) is 67.0 cm³/mol. The Hall–Kier alpha value is -2.45. The van der Waals surface area contributed by atoms with E-state index < -0.39 is 30.2 Å². The van der Waals surface area contributed by atoms with Crippen molar-refractivity contribution in [3.05, 3.63) is 24.3 Å². The summed E-state index contributed by atoms with van der Waals surface area (Å²) in [5, 5.41) is 13.2. The highest BCUT2D eigenvalue weighted by molar-refractivity contribution is 5.92. The molecule has 21 heavy (non-hydrogen) atoms. The van der Waals surface area contributed by atoms with E-state index >= 15 is 0 Å². The Morgan fingerprint density at radius 3 is 2.57 bits per heavy atom. The average molecular weight is 306 g/mol. The van der Waals surface area contributed by atoms with Gasteiger partial charge < -0.3 is 20.5 Å². The Kier molecular flexibility index (Phi) is 5.39. The normalized spacial score (nSPS) is 12.4. The third kappa shape index (κ3) is 6.02. The maximum atomic E-state index is 12.1. The number of hydrogen-bond acceptors (Lipinski definition) is 3. The minimum Gasteiger partial charge on any atom is -0.480 e. The van der Waals surface area contributed by atoms with E-state index in [2.05, 4.69) is 15.4 Å². The maximum absolute atomic E-state index is 12.1. The zero-order valence-corrected chi connectivity index (χ0v) is 10.9. The van der Waals surface area contributed by atoms with Gasteiger partial charge in [0.1, 0.15) is 11.8 Å². The molecule has 6 nitrogen and oxygen atoms in total. The number of ether oxygens (including phenoxy) is 1. The first-order valence-corrected chi connectivity index (χ1v) is 5.87. The van der Waals surface area contributed by atoms with Crippen LogP contribution in [-0.2, 0) is 4.79 Å². The van der Waals surface area contributed by atoms with Gasteiger partial charge in [-0.05, 0) is 18.6 Å². The second kappa shape index (κ2) is 6.82. The molecule has 1 aromatic rings. The number of carbonyl (C=O) groups excluding carboxylic acids is 1. The number of amides is 2. The van der Waals surface area contributed by atoms with Crippen LogP contribution in [-0.4, -0.2) is 29.5 Å². The van der Waals surface area contributed by atoms with E-state index in [1.807, 2.05) is 0 Å². The van der Waals surface area contributed by atoms with E-state index in [4.69, 9.17) is 5.11 Å². The van der Waals surface area contributed by atoms with Crippen molar-refractivity contribution in [2.24, 2.45) is 0 Å². The summed E-state index contributed by atoms with van der Waals surface area (Å²) in [5.74, 6) is -1.70. The molecule has 0 aliphatic rings. The Morgan fingerprint density at radius 1 is 1.38 bits per heavy atom. The van der Waals surface area contributed by atoms with Crippen molar-refractivity contribution in [2.75, 3.05) is 5.32 Å². The number of anilines is 1. The summed E-state index contributed by atoms with van der Waals surface area (Å²) in [6, 6.07) is 2.71. The van der Waals surface area contributed by atoms with Gasteiger partial charge in [-0.15, -0.1) is 13.2 Å². The SMILES string of the molecule is CC[C@@H](NC(=O)Nc1cccc(OC(F)(F)F)c1)C(=O)O. The highest BCUT2D eigenvalue weighted by Crippen LogP contribution is 2.24. The van der Waals surface area contributed by atoms with E-state index in [1.165, 1.54) is 12.1 Å². The molecule has 0 spiro atoms. The van der Waals surface area contributed by atoms with Crippen LogP contribution in [0.4, 0.5) is 23.7 Å². The van der Waals surface area contributed by atoms with Crippen molar-refractivity contribution in [3.8, 4) is 5.75 Å². The Morgan fingerprint density at radius 2 is 2.05 bits per heavy atom. The lowest BCUT2D eigenvalue weighted by atomic mass is 10.2. The highest BCUT2D eigenvalue weighted by atomic mass is 19.4. The van der Waals surface area contributed by atoms with Gasteiger partial charge >= 0.3 is 18.4 Å². The zero-order chi connectivity index (χ0) is 16.0. The number of halogens is 3. The fraction of sp³-hybridized carbons (Fsp3) is 0.333. The van der Waals surface area contributed by atoms with Crippen LogP contribution in [0.25, 0.3) is 0 Å². The van der Waals surface area contributed by atoms with E-state index in [9.17, 15) is 22.8 Å². The van der Waals surface area contributed by atoms with Crippen LogP contribution in [0.15, 0.2) is 24.3 Å². The van der Waals surface area contributed by atoms with Crippen molar-refractivity contribution in [1.82, 2.24) is 5.32 Å². The van der Waals surface area contributed by atoms with Gasteiger partial charge in [-0.2, -0.15) is 0 Å². The molecular weight excluding hydrogens is 293 g/mol. The van der Waals surface area contributed by atoms with E-state index in [-0.39, 0.29) is 12.1 Å². The number of alkyl halides is 3. The van der Waals surface area contributed by atoms with Crippen LogP contribution in [0.5, 0.6) is 5.75 Å². The third-order valence-corrected chi connectivity index (χ3v) is 2.34. The number of carboxylic acid groups (broad SMARTS) is 1. The number of hydrogen-bond donors (Lipinski definition) is 3. The first-order valence-electron chi connectivity index (χ1n) is 5.87. The molecule has 3 N–H and O–H groups in total. The number of rotatable bonds is 5. The van der Waals surface area contributed by atoms with Crippen LogP contribution >= 0.6 is 0 Å². The minimum atomic E-state index is -4.84. The van der Waals surface area contributed by atoms with Crippen molar-refractivity contribution in [1.29, 1.82) is 0 Å². The number of urea groups is 1. The first kappa shape index (κ1) is 16.6. The first-order chi connectivity index (χ1) is 9.71. The fourth-order valence-corrected chi connectivity index (χ4v) is 1.43. The lowest BCUT2D eigenvalue weighted by Crippen LogP contribution is -2.42. The van der Waals surface area contributed by atoms with Gasteiger partial charge in [0.15, 0.2) is 0 Å². The maximum Gasteiger partial charge on any atom is 0.573 e. The summed E-state index contributed by atoms with van der Waals surface area (Å²) in [5.41, 5.74) is 0.0366. The van der Waals surface area contributed by atoms with Gasteiger partial charge in [-0.1, -0.05) is 13.0 Å². The molecule has 0 saturated carbocycles. The molecule has 116 valence electrons. The van der Waals surface area contributed by atoms with Gasteiger partial charge in [0.25, 0.3) is 0 Å². The Labute approximate surface area is 117 Å². The smallest absolute Gasteiger partial charge is 0.480 e. The molecule has 2 amide bonds. The van der Waals surface area contributed by atoms with Gasteiger partial charge in [-0.3, -0.25) is 0 Å². The number of carboxylic acids is 1. The molecule has 0 heterocycles. The molecule has 1 atom stereocenters. The number of carbonyl (C=O) groups is 2. The van der Waals surface area contributed by atoms with Crippen LogP contribution in [0.2, 0.25) is 0 Å². The fourth-order valence-electron chi connectivity index (χ4n) is 1.43. The molecule has 1 rings (SSSR count). The molecular formula is C12H13F3N2O4. The molecule has 1 aromatic carbocycles. The van der Waals surface area contributed by atoms with Gasteiger partial charge in [0.2, 0.25) is 0 Å². The topological polar surface area (TPSA) is 87.7 Å².